The van der Waals surface area contributed by atoms with Crippen LogP contribution in [0.1, 0.15) is 24.0 Å². The van der Waals surface area contributed by atoms with Gasteiger partial charge in [0.25, 0.3) is 11.8 Å². The fraction of sp³-hybridized carbons (Fsp3) is 0.364. The Morgan fingerprint density at radius 2 is 1.67 bits per heavy atom. The van der Waals surface area contributed by atoms with E-state index in [1.54, 1.807) is 12.1 Å². The summed E-state index contributed by atoms with van der Waals surface area (Å²) in [5, 5.41) is 4.74. The van der Waals surface area contributed by atoms with E-state index < -0.39 is 35.1 Å². The van der Waals surface area contributed by atoms with E-state index in [1.807, 2.05) is 6.07 Å². The molecule has 0 saturated carbocycles. The number of urea groups is 1. The second-order valence-corrected chi connectivity index (χ2v) is 9.10. The van der Waals surface area contributed by atoms with Gasteiger partial charge in [-0.3, -0.25) is 39.6 Å². The summed E-state index contributed by atoms with van der Waals surface area (Å²) >= 11 is 4.83. The van der Waals surface area contributed by atoms with Crippen LogP contribution in [0.2, 0.25) is 0 Å². The molecule has 10 nitrogen and oxygen atoms in total. The number of imide groups is 2. The highest BCUT2D eigenvalue weighted by atomic mass is 32.1. The van der Waals surface area contributed by atoms with E-state index in [2.05, 4.69) is 15.5 Å². The van der Waals surface area contributed by atoms with E-state index in [1.165, 1.54) is 20.2 Å². The van der Waals surface area contributed by atoms with Crippen molar-refractivity contribution in [1.29, 1.82) is 0 Å². The molecule has 0 radical (unpaired) electrons. The van der Waals surface area contributed by atoms with Crippen LogP contribution in [0.3, 0.4) is 0 Å². The van der Waals surface area contributed by atoms with Crippen LogP contribution in [0.4, 0.5) is 10.5 Å². The van der Waals surface area contributed by atoms with Gasteiger partial charge in [0.05, 0.1) is 6.04 Å². The SMILES string of the molecule is CN1C(=O)N(C)C(=O)C2(Cc3cc(C=C4C(=O)NC(=S)NC4=O)ccc3N3CCCC32)C1=O. The summed E-state index contributed by atoms with van der Waals surface area (Å²) in [6.45, 7) is 0.685. The first-order chi connectivity index (χ1) is 15.6. The van der Waals surface area contributed by atoms with Crippen molar-refractivity contribution in [3.63, 3.8) is 0 Å². The lowest BCUT2D eigenvalue weighted by Gasteiger charge is -2.50. The zero-order valence-electron chi connectivity index (χ0n) is 18.0. The summed E-state index contributed by atoms with van der Waals surface area (Å²) < 4.78 is 0. The van der Waals surface area contributed by atoms with Crippen LogP contribution in [0.5, 0.6) is 0 Å². The standard InChI is InChI=1S/C22H21N5O5S/c1-25-18(30)22(19(31)26(2)21(25)32)10-12-8-11(5-6-14(12)27-7-3-4-15(22)27)9-13-16(28)23-20(33)24-17(13)29/h5-6,8-9,15H,3-4,7,10H2,1-2H3,(H2,23,24,28,29,33). The number of amides is 6. The molecule has 0 aliphatic carbocycles. The van der Waals surface area contributed by atoms with Gasteiger partial charge in [0.15, 0.2) is 10.5 Å². The third kappa shape index (κ3) is 2.92. The second kappa shape index (κ2) is 7.20. The minimum atomic E-state index is -1.40. The Morgan fingerprint density at radius 3 is 2.30 bits per heavy atom. The number of anilines is 1. The predicted molar refractivity (Wildman–Crippen MR) is 121 cm³/mol. The molecule has 1 atom stereocenters. The molecule has 4 aliphatic heterocycles. The quantitative estimate of drug-likeness (QED) is 0.261. The molecule has 5 rings (SSSR count). The molecular weight excluding hydrogens is 446 g/mol. The van der Waals surface area contributed by atoms with Crippen molar-refractivity contribution in [2.24, 2.45) is 5.41 Å². The Bertz CT molecular complexity index is 1160. The van der Waals surface area contributed by atoms with Crippen LogP contribution < -0.4 is 15.5 Å². The van der Waals surface area contributed by atoms with Gasteiger partial charge in [-0.1, -0.05) is 6.07 Å². The molecule has 3 fully saturated rings. The van der Waals surface area contributed by atoms with Gasteiger partial charge in [0.1, 0.15) is 5.57 Å². The average Bonchev–Trinajstić information content (AvgIpc) is 3.28. The summed E-state index contributed by atoms with van der Waals surface area (Å²) in [6.07, 6.45) is 3.06. The topological polar surface area (TPSA) is 119 Å². The maximum absolute atomic E-state index is 13.4. The molecule has 3 saturated heterocycles. The molecule has 4 aliphatic rings. The van der Waals surface area contributed by atoms with Gasteiger partial charge in [0, 0.05) is 26.3 Å². The first kappa shape index (κ1) is 21.3. The summed E-state index contributed by atoms with van der Waals surface area (Å²) in [6, 6.07) is 4.47. The van der Waals surface area contributed by atoms with Crippen molar-refractivity contribution in [2.75, 3.05) is 25.5 Å². The third-order valence-electron chi connectivity index (χ3n) is 6.90. The van der Waals surface area contributed by atoms with E-state index in [4.69, 9.17) is 12.2 Å². The first-order valence-electron chi connectivity index (χ1n) is 10.5. The summed E-state index contributed by atoms with van der Waals surface area (Å²) in [7, 11) is 2.80. The van der Waals surface area contributed by atoms with Crippen LogP contribution >= 0.6 is 12.2 Å². The van der Waals surface area contributed by atoms with Gasteiger partial charge in [0.2, 0.25) is 11.8 Å². The average molecular weight is 468 g/mol. The zero-order valence-corrected chi connectivity index (χ0v) is 18.8. The van der Waals surface area contributed by atoms with Crippen LogP contribution in [0.25, 0.3) is 6.08 Å². The molecular formula is C22H21N5O5S. The number of barbiturate groups is 1. The molecule has 6 amide bonds. The fourth-order valence-corrected chi connectivity index (χ4v) is 5.59. The summed E-state index contributed by atoms with van der Waals surface area (Å²) in [4.78, 5) is 67.8. The Morgan fingerprint density at radius 1 is 1.03 bits per heavy atom. The Balaban J connectivity index is 1.60. The minimum absolute atomic E-state index is 0.0493. The molecule has 0 bridgehead atoms. The van der Waals surface area contributed by atoms with Crippen molar-refractivity contribution in [1.82, 2.24) is 20.4 Å². The zero-order chi connectivity index (χ0) is 23.7. The molecule has 1 aromatic rings. The summed E-state index contributed by atoms with van der Waals surface area (Å²) in [5.41, 5.74) is 0.726. The molecule has 2 N–H and O–H groups in total. The maximum Gasteiger partial charge on any atom is 0.332 e. The fourth-order valence-electron chi connectivity index (χ4n) is 5.40. The Kier molecular flexibility index (Phi) is 4.64. The van der Waals surface area contributed by atoms with Crippen LogP contribution in [0.15, 0.2) is 23.8 Å². The third-order valence-corrected chi connectivity index (χ3v) is 7.11. The number of fused-ring (bicyclic) bond motifs is 4. The number of thiocarbonyl (C=S) groups is 1. The van der Waals surface area contributed by atoms with Gasteiger partial charge >= 0.3 is 6.03 Å². The Labute approximate surface area is 194 Å². The molecule has 1 aromatic carbocycles. The number of carbonyl (C=O) groups excluding carboxylic acids is 5. The van der Waals surface area contributed by atoms with Gasteiger partial charge in [-0.2, -0.15) is 0 Å². The van der Waals surface area contributed by atoms with E-state index in [0.717, 1.165) is 27.5 Å². The molecule has 33 heavy (non-hydrogen) atoms. The van der Waals surface area contributed by atoms with Crippen LogP contribution in [-0.2, 0) is 25.6 Å². The molecule has 11 heteroatoms. The van der Waals surface area contributed by atoms with Gasteiger partial charge in [-0.25, -0.2) is 4.79 Å². The normalized spacial score (nSPS) is 24.1. The van der Waals surface area contributed by atoms with E-state index >= 15 is 0 Å². The van der Waals surface area contributed by atoms with Gasteiger partial charge in [-0.15, -0.1) is 0 Å². The smallest absolute Gasteiger partial charge is 0.332 e. The lowest BCUT2D eigenvalue weighted by molar-refractivity contribution is -0.159. The van der Waals surface area contributed by atoms with E-state index in [0.29, 0.717) is 18.5 Å². The van der Waals surface area contributed by atoms with Crippen molar-refractivity contribution in [2.45, 2.75) is 25.3 Å². The van der Waals surface area contributed by atoms with Gasteiger partial charge < -0.3 is 4.90 Å². The predicted octanol–water partition coefficient (Wildman–Crippen LogP) is 0.163. The molecule has 1 spiro atoms. The number of nitrogens with one attached hydrogen (secondary N) is 2. The second-order valence-electron chi connectivity index (χ2n) is 8.69. The van der Waals surface area contributed by atoms with Crippen molar-refractivity contribution >= 4 is 58.8 Å². The highest BCUT2D eigenvalue weighted by molar-refractivity contribution is 7.80. The molecule has 1 unspecified atom stereocenters. The number of benzene rings is 1. The van der Waals surface area contributed by atoms with Crippen molar-refractivity contribution in [3.8, 4) is 0 Å². The minimum Gasteiger partial charge on any atom is -0.367 e. The molecule has 4 heterocycles. The molecule has 170 valence electrons. The largest absolute Gasteiger partial charge is 0.367 e. The van der Waals surface area contributed by atoms with Crippen LogP contribution in [-0.4, -0.2) is 71.3 Å². The number of carbonyl (C=O) groups is 5. The van der Waals surface area contributed by atoms with Crippen molar-refractivity contribution in [3.05, 3.63) is 34.9 Å². The first-order valence-corrected chi connectivity index (χ1v) is 10.9. The molecule has 0 aromatic heterocycles. The highest BCUT2D eigenvalue weighted by Gasteiger charge is 2.63. The number of hydrogen-bond acceptors (Lipinski definition) is 7. The highest BCUT2D eigenvalue weighted by Crippen LogP contribution is 2.49. The summed E-state index contributed by atoms with van der Waals surface area (Å²) in [5.74, 6) is -2.20. The maximum atomic E-state index is 13.4. The van der Waals surface area contributed by atoms with E-state index in [9.17, 15) is 24.0 Å². The lowest BCUT2D eigenvalue weighted by atomic mass is 9.68. The lowest BCUT2D eigenvalue weighted by Crippen LogP contribution is -2.70. The monoisotopic (exact) mass is 467 g/mol. The van der Waals surface area contributed by atoms with Crippen molar-refractivity contribution < 1.29 is 24.0 Å². The Hall–Kier alpha value is -3.60. The number of hydrogen-bond donors (Lipinski definition) is 2. The van der Waals surface area contributed by atoms with E-state index in [-0.39, 0.29) is 23.1 Å². The number of rotatable bonds is 1. The van der Waals surface area contributed by atoms with Gasteiger partial charge in [-0.05, 0) is 60.8 Å². The van der Waals surface area contributed by atoms with Crippen LogP contribution in [0, 0.1) is 5.41 Å². The number of nitrogens with zero attached hydrogens (tertiary/aromatic N) is 3.